The lowest BCUT2D eigenvalue weighted by molar-refractivity contribution is -0.124. The van der Waals surface area contributed by atoms with E-state index in [9.17, 15) is 13.2 Å². The monoisotopic (exact) mass is 300 g/mol. The Morgan fingerprint density at radius 2 is 1.85 bits per heavy atom. The van der Waals surface area contributed by atoms with Crippen molar-refractivity contribution in [3.63, 3.8) is 0 Å². The van der Waals surface area contributed by atoms with Crippen LogP contribution >= 0.6 is 0 Å². The molecule has 0 aliphatic carbocycles. The molecule has 6 nitrogen and oxygen atoms in total. The summed E-state index contributed by atoms with van der Waals surface area (Å²) >= 11 is 0. The van der Waals surface area contributed by atoms with Crippen molar-refractivity contribution in [2.24, 2.45) is 5.73 Å². The van der Waals surface area contributed by atoms with Crippen LogP contribution in [0.4, 0.5) is 0 Å². The van der Waals surface area contributed by atoms with Crippen molar-refractivity contribution < 1.29 is 17.9 Å². The van der Waals surface area contributed by atoms with E-state index < -0.39 is 21.5 Å². The first-order valence-electron chi connectivity index (χ1n) is 6.09. The number of hydrogen-bond donors (Lipinski definition) is 2. The van der Waals surface area contributed by atoms with Gasteiger partial charge in [0.25, 0.3) is 15.9 Å². The quantitative estimate of drug-likeness (QED) is 0.799. The molecule has 0 unspecified atom stereocenters. The van der Waals surface area contributed by atoms with Crippen LogP contribution in [0.25, 0.3) is 0 Å². The van der Waals surface area contributed by atoms with Crippen molar-refractivity contribution in [1.29, 1.82) is 0 Å². The van der Waals surface area contributed by atoms with E-state index in [0.717, 1.165) is 5.56 Å². The highest BCUT2D eigenvalue weighted by atomic mass is 32.2. The molecule has 112 valence electrons. The molecular formula is C13H20N2O4S. The molecule has 0 saturated heterocycles. The van der Waals surface area contributed by atoms with E-state index in [1.807, 2.05) is 11.6 Å². The predicted molar refractivity (Wildman–Crippen MR) is 75.6 cm³/mol. The van der Waals surface area contributed by atoms with Gasteiger partial charge in [0.2, 0.25) is 0 Å². The largest absolute Gasteiger partial charge is 0.370 e. The minimum atomic E-state index is -3.85. The number of carbonyl (C=O) groups is 1. The number of hydrogen-bond acceptors (Lipinski definition) is 5. The van der Waals surface area contributed by atoms with Crippen molar-refractivity contribution in [3.8, 4) is 0 Å². The van der Waals surface area contributed by atoms with E-state index >= 15 is 0 Å². The number of benzene rings is 1. The highest BCUT2D eigenvalue weighted by Crippen LogP contribution is 2.09. The van der Waals surface area contributed by atoms with Crippen LogP contribution in [0.5, 0.6) is 0 Å². The summed E-state index contributed by atoms with van der Waals surface area (Å²) in [6, 6.07) is 6.20. The number of sulfonamides is 1. The topological polar surface area (TPSA) is 98.5 Å². The van der Waals surface area contributed by atoms with Crippen LogP contribution < -0.4 is 10.5 Å². The van der Waals surface area contributed by atoms with Crippen molar-refractivity contribution in [3.05, 3.63) is 29.8 Å². The normalized spacial score (nSPS) is 12.2. The van der Waals surface area contributed by atoms with Gasteiger partial charge in [0.05, 0.1) is 11.5 Å². The molecule has 7 heteroatoms. The first-order valence-corrected chi connectivity index (χ1v) is 7.57. The van der Waals surface area contributed by atoms with Crippen molar-refractivity contribution in [2.75, 3.05) is 13.2 Å². The van der Waals surface area contributed by atoms with E-state index in [4.69, 9.17) is 10.5 Å². The van der Waals surface area contributed by atoms with Gasteiger partial charge in [-0.2, -0.15) is 0 Å². The van der Waals surface area contributed by atoms with Gasteiger partial charge in [0.1, 0.15) is 6.61 Å². The third-order valence-electron chi connectivity index (χ3n) is 2.29. The van der Waals surface area contributed by atoms with Crippen LogP contribution in [0.2, 0.25) is 0 Å². The second-order valence-corrected chi connectivity index (χ2v) is 7.01. The first-order chi connectivity index (χ1) is 9.10. The molecule has 1 aromatic rings. The lowest BCUT2D eigenvalue weighted by Gasteiger charge is -2.17. The zero-order valence-corrected chi connectivity index (χ0v) is 12.7. The van der Waals surface area contributed by atoms with E-state index in [1.54, 1.807) is 26.0 Å². The average Bonchev–Trinajstić information content (AvgIpc) is 2.26. The maximum absolute atomic E-state index is 11.9. The van der Waals surface area contributed by atoms with Gasteiger partial charge in [0.15, 0.2) is 0 Å². The van der Waals surface area contributed by atoms with E-state index in [2.05, 4.69) is 0 Å². The second kappa shape index (κ2) is 6.34. The summed E-state index contributed by atoms with van der Waals surface area (Å²) in [4.78, 5) is 11.6. The maximum Gasteiger partial charge on any atom is 0.264 e. The molecule has 0 spiro atoms. The fraction of sp³-hybridized carbons (Fsp3) is 0.462. The molecule has 0 aliphatic heterocycles. The molecular weight excluding hydrogens is 280 g/mol. The molecule has 0 aliphatic rings. The van der Waals surface area contributed by atoms with Crippen LogP contribution in [0.3, 0.4) is 0 Å². The van der Waals surface area contributed by atoms with Crippen molar-refractivity contribution in [2.45, 2.75) is 31.2 Å². The van der Waals surface area contributed by atoms with Gasteiger partial charge < -0.3 is 10.5 Å². The number of nitrogens with one attached hydrogen (secondary N) is 1. The summed E-state index contributed by atoms with van der Waals surface area (Å²) in [5, 5.41) is 0. The van der Waals surface area contributed by atoms with E-state index in [0.29, 0.717) is 0 Å². The number of carbonyl (C=O) groups excluding carboxylic acids is 1. The van der Waals surface area contributed by atoms with E-state index in [-0.39, 0.29) is 18.1 Å². The standard InChI is InChI=1S/C13H20N2O4S/c1-10-4-6-11(7-5-10)20(17,18)15-12(16)8-19-9-13(2,3)14/h4-7H,8-9,14H2,1-3H3,(H,15,16). The summed E-state index contributed by atoms with van der Waals surface area (Å²) in [7, 11) is -3.85. The molecule has 0 bridgehead atoms. The SMILES string of the molecule is Cc1ccc(S(=O)(=O)NC(=O)COCC(C)(C)N)cc1. The molecule has 0 heterocycles. The van der Waals surface area contributed by atoms with Crippen LogP contribution in [0.1, 0.15) is 19.4 Å². The number of nitrogens with two attached hydrogens (primary N) is 1. The van der Waals surface area contributed by atoms with Crippen LogP contribution in [0.15, 0.2) is 29.2 Å². The Hall–Kier alpha value is -1.44. The Balaban J connectivity index is 2.58. The number of ether oxygens (including phenoxy) is 1. The van der Waals surface area contributed by atoms with Crippen LogP contribution in [0, 0.1) is 6.92 Å². The number of aryl methyl sites for hydroxylation is 1. The van der Waals surface area contributed by atoms with Gasteiger partial charge in [-0.15, -0.1) is 0 Å². The molecule has 3 N–H and O–H groups in total. The zero-order valence-electron chi connectivity index (χ0n) is 11.8. The van der Waals surface area contributed by atoms with Crippen LogP contribution in [-0.2, 0) is 19.6 Å². The summed E-state index contributed by atoms with van der Waals surface area (Å²) in [6.45, 7) is 5.13. The second-order valence-electron chi connectivity index (χ2n) is 5.32. The minimum absolute atomic E-state index is 0.0376. The first kappa shape index (κ1) is 16.6. The third kappa shape index (κ3) is 5.68. The van der Waals surface area contributed by atoms with Crippen LogP contribution in [-0.4, -0.2) is 33.1 Å². The van der Waals surface area contributed by atoms with Crippen molar-refractivity contribution in [1.82, 2.24) is 4.72 Å². The average molecular weight is 300 g/mol. The molecule has 0 aromatic heterocycles. The number of amides is 1. The Kier molecular flexibility index (Phi) is 5.27. The third-order valence-corrected chi connectivity index (χ3v) is 3.68. The summed E-state index contributed by atoms with van der Waals surface area (Å²) in [5.41, 5.74) is 6.04. The highest BCUT2D eigenvalue weighted by molar-refractivity contribution is 7.90. The summed E-state index contributed by atoms with van der Waals surface area (Å²) < 4.78 is 30.8. The zero-order chi connectivity index (χ0) is 15.4. The van der Waals surface area contributed by atoms with Crippen molar-refractivity contribution >= 4 is 15.9 Å². The number of rotatable bonds is 6. The van der Waals surface area contributed by atoms with Gasteiger partial charge in [-0.25, -0.2) is 13.1 Å². The lowest BCUT2D eigenvalue weighted by atomic mass is 10.1. The fourth-order valence-corrected chi connectivity index (χ4v) is 2.33. The maximum atomic E-state index is 11.9. The molecule has 0 atom stereocenters. The smallest absolute Gasteiger partial charge is 0.264 e. The Labute approximate surface area is 119 Å². The summed E-state index contributed by atoms with van der Waals surface area (Å²) in [6.07, 6.45) is 0. The Morgan fingerprint density at radius 3 is 2.35 bits per heavy atom. The minimum Gasteiger partial charge on any atom is -0.370 e. The fourth-order valence-electron chi connectivity index (χ4n) is 1.36. The van der Waals surface area contributed by atoms with Gasteiger partial charge in [-0.1, -0.05) is 17.7 Å². The highest BCUT2D eigenvalue weighted by Gasteiger charge is 2.18. The Bertz CT molecular complexity index is 559. The van der Waals surface area contributed by atoms with Gasteiger partial charge in [-0.3, -0.25) is 4.79 Å². The summed E-state index contributed by atoms with van der Waals surface area (Å²) in [5.74, 6) is -0.727. The molecule has 0 radical (unpaired) electrons. The predicted octanol–water partition coefficient (Wildman–Crippen LogP) is 0.554. The van der Waals surface area contributed by atoms with Gasteiger partial charge in [-0.05, 0) is 32.9 Å². The molecule has 20 heavy (non-hydrogen) atoms. The van der Waals surface area contributed by atoms with E-state index in [1.165, 1.54) is 12.1 Å². The lowest BCUT2D eigenvalue weighted by Crippen LogP contribution is -2.40. The molecule has 1 amide bonds. The van der Waals surface area contributed by atoms with Gasteiger partial charge in [0, 0.05) is 5.54 Å². The molecule has 1 rings (SSSR count). The molecule has 0 saturated carbocycles. The Morgan fingerprint density at radius 1 is 1.30 bits per heavy atom. The molecule has 1 aromatic carbocycles. The van der Waals surface area contributed by atoms with Gasteiger partial charge >= 0.3 is 0 Å². The molecule has 0 fully saturated rings.